The second-order valence-corrected chi connectivity index (χ2v) is 4.69. The summed E-state index contributed by atoms with van der Waals surface area (Å²) < 4.78 is 1.17. The molecule has 0 aliphatic rings. The Kier molecular flexibility index (Phi) is 4.02. The van der Waals surface area contributed by atoms with Gasteiger partial charge in [0.25, 0.3) is 5.56 Å². The van der Waals surface area contributed by atoms with Gasteiger partial charge in [-0.1, -0.05) is 12.1 Å². The second-order valence-electron chi connectivity index (χ2n) is 4.69. The molecule has 0 radical (unpaired) electrons. The number of nitrogens with zero attached hydrogens (tertiary/aromatic N) is 2. The van der Waals surface area contributed by atoms with E-state index in [9.17, 15) is 14.4 Å². The van der Waals surface area contributed by atoms with Gasteiger partial charge >= 0.3 is 5.97 Å². The summed E-state index contributed by atoms with van der Waals surface area (Å²) in [6.07, 6.45) is -0.136. The van der Waals surface area contributed by atoms with Crippen molar-refractivity contribution in [2.24, 2.45) is 5.73 Å². The molecule has 0 spiro atoms. The summed E-state index contributed by atoms with van der Waals surface area (Å²) in [5.74, 6) is -1.44. The number of primary amides is 1. The second kappa shape index (κ2) is 5.74. The molecule has 7 heteroatoms. The number of carboxylic acid groups (broad SMARTS) is 1. The molecule has 1 amide bonds. The molecule has 1 aromatic heterocycles. The lowest BCUT2D eigenvalue weighted by molar-refractivity contribution is -0.137. The number of para-hydroxylation sites is 1. The number of rotatable bonds is 5. The first-order chi connectivity index (χ1) is 9.91. The zero-order valence-corrected chi connectivity index (χ0v) is 11.4. The number of nitrogens with two attached hydrogens (primary N) is 1. The van der Waals surface area contributed by atoms with E-state index in [1.54, 1.807) is 24.3 Å². The maximum absolute atomic E-state index is 12.5. The Balaban J connectivity index is 2.68. The molecule has 21 heavy (non-hydrogen) atoms. The molecule has 0 aliphatic carbocycles. The van der Waals surface area contributed by atoms with Crippen molar-refractivity contribution in [2.45, 2.75) is 25.8 Å². The van der Waals surface area contributed by atoms with Crippen molar-refractivity contribution in [2.75, 3.05) is 0 Å². The predicted octanol–water partition coefficient (Wildman–Crippen LogP) is 0.460. The number of carboxylic acids is 1. The van der Waals surface area contributed by atoms with Crippen molar-refractivity contribution in [3.8, 4) is 0 Å². The average molecular weight is 289 g/mol. The number of aryl methyl sites for hydroxylation is 1. The van der Waals surface area contributed by atoms with Gasteiger partial charge in [-0.15, -0.1) is 0 Å². The first-order valence-corrected chi connectivity index (χ1v) is 6.43. The number of amides is 1. The van der Waals surface area contributed by atoms with E-state index < -0.39 is 23.5 Å². The molecule has 7 nitrogen and oxygen atoms in total. The monoisotopic (exact) mass is 289 g/mol. The van der Waals surface area contributed by atoms with E-state index in [0.29, 0.717) is 10.9 Å². The largest absolute Gasteiger partial charge is 0.481 e. The smallest absolute Gasteiger partial charge is 0.303 e. The SMILES string of the molecule is CC(C(N)=O)n1c(CCC(=O)O)nc2ccccc2c1=O. The fourth-order valence-electron chi connectivity index (χ4n) is 2.11. The minimum absolute atomic E-state index is 0.0486. The van der Waals surface area contributed by atoms with Crippen molar-refractivity contribution in [1.29, 1.82) is 0 Å². The van der Waals surface area contributed by atoms with Gasteiger partial charge in [0, 0.05) is 6.42 Å². The first-order valence-electron chi connectivity index (χ1n) is 6.43. The van der Waals surface area contributed by atoms with Crippen LogP contribution in [0.25, 0.3) is 10.9 Å². The molecule has 0 fully saturated rings. The normalized spacial score (nSPS) is 12.2. The molecule has 2 aromatic rings. The molecule has 0 saturated heterocycles. The zero-order chi connectivity index (χ0) is 15.6. The van der Waals surface area contributed by atoms with Gasteiger partial charge in [-0.3, -0.25) is 19.0 Å². The van der Waals surface area contributed by atoms with Crippen molar-refractivity contribution in [3.05, 3.63) is 40.4 Å². The van der Waals surface area contributed by atoms with Gasteiger partial charge in [0.2, 0.25) is 5.91 Å². The van der Waals surface area contributed by atoms with E-state index in [2.05, 4.69) is 4.98 Å². The predicted molar refractivity (Wildman–Crippen MR) is 75.9 cm³/mol. The number of benzene rings is 1. The van der Waals surface area contributed by atoms with Crippen molar-refractivity contribution < 1.29 is 14.7 Å². The Morgan fingerprint density at radius 1 is 1.38 bits per heavy atom. The quantitative estimate of drug-likeness (QED) is 0.829. The Hall–Kier alpha value is -2.70. The summed E-state index contributed by atoms with van der Waals surface area (Å²) in [6.45, 7) is 1.49. The van der Waals surface area contributed by atoms with Gasteiger partial charge in [-0.2, -0.15) is 0 Å². The Morgan fingerprint density at radius 2 is 2.05 bits per heavy atom. The third-order valence-electron chi connectivity index (χ3n) is 3.24. The van der Waals surface area contributed by atoms with E-state index >= 15 is 0 Å². The van der Waals surface area contributed by atoms with Crippen LogP contribution in [-0.2, 0) is 16.0 Å². The van der Waals surface area contributed by atoms with Crippen LogP contribution in [-0.4, -0.2) is 26.5 Å². The Labute approximate surface area is 120 Å². The van der Waals surface area contributed by atoms with Crippen LogP contribution in [0.3, 0.4) is 0 Å². The van der Waals surface area contributed by atoms with Crippen LogP contribution in [0.4, 0.5) is 0 Å². The van der Waals surface area contributed by atoms with Gasteiger partial charge in [-0.05, 0) is 19.1 Å². The van der Waals surface area contributed by atoms with E-state index in [1.165, 1.54) is 11.5 Å². The number of aliphatic carboxylic acids is 1. The summed E-state index contributed by atoms with van der Waals surface area (Å²) in [5.41, 5.74) is 5.34. The molecule has 0 saturated carbocycles. The maximum Gasteiger partial charge on any atom is 0.303 e. The zero-order valence-electron chi connectivity index (χ0n) is 11.4. The molecule has 1 atom stereocenters. The van der Waals surface area contributed by atoms with Gasteiger partial charge in [0.1, 0.15) is 11.9 Å². The van der Waals surface area contributed by atoms with Crippen LogP contribution in [0.5, 0.6) is 0 Å². The number of carbonyl (C=O) groups is 2. The van der Waals surface area contributed by atoms with Crippen LogP contribution >= 0.6 is 0 Å². The molecule has 110 valence electrons. The van der Waals surface area contributed by atoms with Gasteiger partial charge in [0.05, 0.1) is 17.3 Å². The summed E-state index contributed by atoms with van der Waals surface area (Å²) in [4.78, 5) is 38.9. The lowest BCUT2D eigenvalue weighted by atomic mass is 10.2. The van der Waals surface area contributed by atoms with Crippen molar-refractivity contribution in [3.63, 3.8) is 0 Å². The lowest BCUT2D eigenvalue weighted by Gasteiger charge is -2.17. The number of hydrogen-bond acceptors (Lipinski definition) is 4. The van der Waals surface area contributed by atoms with Crippen molar-refractivity contribution >= 4 is 22.8 Å². The Bertz CT molecular complexity index is 766. The third kappa shape index (κ3) is 2.91. The molecule has 0 aliphatic heterocycles. The molecule has 0 bridgehead atoms. The molecule has 1 aromatic carbocycles. The summed E-state index contributed by atoms with van der Waals surface area (Å²) in [6, 6.07) is 5.81. The Morgan fingerprint density at radius 3 is 2.67 bits per heavy atom. The van der Waals surface area contributed by atoms with Gasteiger partial charge in [0.15, 0.2) is 0 Å². The molecular formula is C14H15N3O4. The number of aromatic nitrogens is 2. The van der Waals surface area contributed by atoms with Gasteiger partial charge < -0.3 is 10.8 Å². The highest BCUT2D eigenvalue weighted by atomic mass is 16.4. The minimum atomic E-state index is -1.00. The number of carbonyl (C=O) groups excluding carboxylic acids is 1. The minimum Gasteiger partial charge on any atom is -0.481 e. The molecule has 3 N–H and O–H groups in total. The first kappa shape index (κ1) is 14.7. The fourth-order valence-corrected chi connectivity index (χ4v) is 2.11. The topological polar surface area (TPSA) is 115 Å². The fraction of sp³-hybridized carbons (Fsp3) is 0.286. The highest BCUT2D eigenvalue weighted by Gasteiger charge is 2.19. The number of hydrogen-bond donors (Lipinski definition) is 2. The standard InChI is InChI=1S/C14H15N3O4/c1-8(13(15)20)17-11(6-7-12(18)19)16-10-5-3-2-4-9(10)14(17)21/h2-5,8H,6-7H2,1H3,(H2,15,20)(H,18,19). The average Bonchev–Trinajstić information content (AvgIpc) is 2.44. The van der Waals surface area contributed by atoms with E-state index in [4.69, 9.17) is 10.8 Å². The summed E-state index contributed by atoms with van der Waals surface area (Å²) >= 11 is 0. The highest BCUT2D eigenvalue weighted by molar-refractivity contribution is 5.80. The third-order valence-corrected chi connectivity index (χ3v) is 3.24. The summed E-state index contributed by atoms with van der Waals surface area (Å²) in [7, 11) is 0. The van der Waals surface area contributed by atoms with Crippen LogP contribution < -0.4 is 11.3 Å². The van der Waals surface area contributed by atoms with Crippen LogP contribution in [0.1, 0.15) is 25.2 Å². The van der Waals surface area contributed by atoms with Gasteiger partial charge in [-0.25, -0.2) is 4.98 Å². The molecule has 2 rings (SSSR count). The number of fused-ring (bicyclic) bond motifs is 1. The summed E-state index contributed by atoms with van der Waals surface area (Å²) in [5, 5.41) is 9.15. The molecular weight excluding hydrogens is 274 g/mol. The van der Waals surface area contributed by atoms with E-state index in [0.717, 1.165) is 0 Å². The van der Waals surface area contributed by atoms with E-state index in [-0.39, 0.29) is 18.7 Å². The molecule has 1 unspecified atom stereocenters. The lowest BCUT2D eigenvalue weighted by Crippen LogP contribution is -2.35. The van der Waals surface area contributed by atoms with E-state index in [1.807, 2.05) is 0 Å². The van der Waals surface area contributed by atoms with Crippen LogP contribution in [0.15, 0.2) is 29.1 Å². The highest BCUT2D eigenvalue weighted by Crippen LogP contribution is 2.13. The van der Waals surface area contributed by atoms with Crippen molar-refractivity contribution in [1.82, 2.24) is 9.55 Å². The molecule has 1 heterocycles. The maximum atomic E-state index is 12.5. The van der Waals surface area contributed by atoms with Crippen LogP contribution in [0.2, 0.25) is 0 Å². The van der Waals surface area contributed by atoms with Crippen LogP contribution in [0, 0.1) is 0 Å².